The number of hydrogen-bond donors (Lipinski definition) is 0. The molecule has 3 heteroatoms. The van der Waals surface area contributed by atoms with Gasteiger partial charge in [-0.2, -0.15) is 11.8 Å². The van der Waals surface area contributed by atoms with Crippen LogP contribution in [0.25, 0.3) is 0 Å². The lowest BCUT2D eigenvalue weighted by atomic mass is 9.97. The average molecular weight is 202 g/mol. The van der Waals surface area contributed by atoms with Crippen molar-refractivity contribution >= 4 is 17.7 Å². The number of rotatable bonds is 3. The van der Waals surface area contributed by atoms with E-state index >= 15 is 0 Å². The lowest BCUT2D eigenvalue weighted by molar-refractivity contribution is -0.149. The van der Waals surface area contributed by atoms with Crippen LogP contribution in [0.4, 0.5) is 0 Å². The number of esters is 1. The Morgan fingerprint density at radius 1 is 1.46 bits per heavy atom. The molecule has 0 saturated heterocycles. The summed E-state index contributed by atoms with van der Waals surface area (Å²) in [4.78, 5) is 11.1. The fraction of sp³-hybridized carbons (Fsp3) is 0.900. The fourth-order valence-corrected chi connectivity index (χ4v) is 2.62. The molecule has 2 nitrogen and oxygen atoms in total. The van der Waals surface area contributed by atoms with Crippen LogP contribution in [-0.4, -0.2) is 23.6 Å². The molecule has 0 unspecified atom stereocenters. The summed E-state index contributed by atoms with van der Waals surface area (Å²) in [7, 11) is 0. The first-order chi connectivity index (χ1) is 6.27. The highest BCUT2D eigenvalue weighted by Gasteiger charge is 2.26. The molecule has 76 valence electrons. The molecule has 13 heavy (non-hydrogen) atoms. The van der Waals surface area contributed by atoms with Crippen molar-refractivity contribution in [1.82, 2.24) is 0 Å². The van der Waals surface area contributed by atoms with Gasteiger partial charge < -0.3 is 4.74 Å². The van der Waals surface area contributed by atoms with Crippen molar-refractivity contribution in [1.29, 1.82) is 0 Å². The lowest BCUT2D eigenvalue weighted by Gasteiger charge is -2.29. The highest BCUT2D eigenvalue weighted by atomic mass is 32.2. The van der Waals surface area contributed by atoms with E-state index in [1.165, 1.54) is 19.3 Å². The zero-order valence-corrected chi connectivity index (χ0v) is 9.23. The molecule has 0 aromatic heterocycles. The van der Waals surface area contributed by atoms with Gasteiger partial charge in [-0.25, -0.2) is 0 Å². The van der Waals surface area contributed by atoms with Crippen LogP contribution < -0.4 is 0 Å². The van der Waals surface area contributed by atoms with Crippen molar-refractivity contribution in [3.05, 3.63) is 0 Å². The van der Waals surface area contributed by atoms with Gasteiger partial charge in [-0.15, -0.1) is 0 Å². The summed E-state index contributed by atoms with van der Waals surface area (Å²) < 4.78 is 5.38. The fourth-order valence-electron chi connectivity index (χ4n) is 1.72. The van der Waals surface area contributed by atoms with Crippen molar-refractivity contribution in [2.75, 3.05) is 6.26 Å². The molecule has 1 saturated carbocycles. The number of hydrogen-bond acceptors (Lipinski definition) is 3. The Balaban J connectivity index is 2.40. The molecule has 0 aromatic carbocycles. The van der Waals surface area contributed by atoms with Crippen molar-refractivity contribution in [3.8, 4) is 0 Å². The second-order valence-electron chi connectivity index (χ2n) is 3.44. The molecule has 0 spiro atoms. The lowest BCUT2D eigenvalue weighted by Crippen LogP contribution is -2.31. The summed E-state index contributed by atoms with van der Waals surface area (Å²) in [5.41, 5.74) is 0. The van der Waals surface area contributed by atoms with Crippen LogP contribution in [0.5, 0.6) is 0 Å². The Kier molecular flexibility index (Phi) is 4.64. The average Bonchev–Trinajstić information content (AvgIpc) is 2.18. The zero-order valence-electron chi connectivity index (χ0n) is 8.41. The van der Waals surface area contributed by atoms with Crippen LogP contribution in [0, 0.1) is 0 Å². The molecule has 1 aliphatic rings. The van der Waals surface area contributed by atoms with Crippen molar-refractivity contribution < 1.29 is 9.53 Å². The summed E-state index contributed by atoms with van der Waals surface area (Å²) >= 11 is 1.83. The highest BCUT2D eigenvalue weighted by Crippen LogP contribution is 2.29. The molecule has 0 aromatic rings. The van der Waals surface area contributed by atoms with Gasteiger partial charge >= 0.3 is 5.97 Å². The number of ether oxygens (including phenoxy) is 1. The first kappa shape index (κ1) is 10.9. The van der Waals surface area contributed by atoms with E-state index in [4.69, 9.17) is 4.74 Å². The van der Waals surface area contributed by atoms with Crippen molar-refractivity contribution in [3.63, 3.8) is 0 Å². The number of carbonyl (C=O) groups is 1. The van der Waals surface area contributed by atoms with E-state index in [0.29, 0.717) is 11.7 Å². The van der Waals surface area contributed by atoms with Gasteiger partial charge in [0.05, 0.1) is 0 Å². The zero-order chi connectivity index (χ0) is 9.68. The van der Waals surface area contributed by atoms with Gasteiger partial charge in [0.25, 0.3) is 0 Å². The summed E-state index contributed by atoms with van der Waals surface area (Å²) in [6.45, 7) is 1.85. The number of thioether (sulfide) groups is 1. The third-order valence-electron chi connectivity index (χ3n) is 2.52. The Labute approximate surface area is 84.4 Å². The Hall–Kier alpha value is -0.180. The van der Waals surface area contributed by atoms with Crippen LogP contribution in [-0.2, 0) is 9.53 Å². The third kappa shape index (κ3) is 3.22. The first-order valence-electron chi connectivity index (χ1n) is 5.00. The second kappa shape index (κ2) is 5.53. The van der Waals surface area contributed by atoms with Gasteiger partial charge in [-0.05, 0) is 25.5 Å². The smallest absolute Gasteiger partial charge is 0.305 e. The van der Waals surface area contributed by atoms with Gasteiger partial charge in [-0.3, -0.25) is 4.79 Å². The number of carbonyl (C=O) groups excluding carboxylic acids is 1. The molecule has 0 radical (unpaired) electrons. The Morgan fingerprint density at radius 3 is 2.77 bits per heavy atom. The maximum atomic E-state index is 11.1. The molecule has 0 N–H and O–H groups in total. The monoisotopic (exact) mass is 202 g/mol. The predicted octanol–water partition coefficient (Wildman–Crippen LogP) is 2.61. The van der Waals surface area contributed by atoms with Crippen molar-refractivity contribution in [2.45, 2.75) is 50.4 Å². The van der Waals surface area contributed by atoms with E-state index < -0.39 is 0 Å². The molecule has 0 heterocycles. The van der Waals surface area contributed by atoms with E-state index in [-0.39, 0.29) is 12.1 Å². The molecule has 1 rings (SSSR count). The summed E-state index contributed by atoms with van der Waals surface area (Å²) in [6, 6.07) is 0. The van der Waals surface area contributed by atoms with Crippen LogP contribution in [0.15, 0.2) is 0 Å². The minimum Gasteiger partial charge on any atom is -0.461 e. The third-order valence-corrected chi connectivity index (χ3v) is 3.66. The summed E-state index contributed by atoms with van der Waals surface area (Å²) in [5, 5.41) is 0.532. The normalized spacial score (nSPS) is 28.5. The molecule has 1 fully saturated rings. The maximum absolute atomic E-state index is 11.1. The van der Waals surface area contributed by atoms with Gasteiger partial charge in [0.15, 0.2) is 0 Å². The van der Waals surface area contributed by atoms with E-state index in [1.54, 1.807) is 0 Å². The Bertz CT molecular complexity index is 170. The maximum Gasteiger partial charge on any atom is 0.305 e. The highest BCUT2D eigenvalue weighted by molar-refractivity contribution is 7.99. The van der Waals surface area contributed by atoms with Crippen LogP contribution in [0.2, 0.25) is 0 Å². The molecule has 1 aliphatic carbocycles. The van der Waals surface area contributed by atoms with Gasteiger partial charge in [0.2, 0.25) is 0 Å². The summed E-state index contributed by atoms with van der Waals surface area (Å²) in [6.07, 6.45) is 7.52. The van der Waals surface area contributed by atoms with E-state index in [9.17, 15) is 4.79 Å². The quantitative estimate of drug-likeness (QED) is 0.658. The van der Waals surface area contributed by atoms with Gasteiger partial charge in [0.1, 0.15) is 6.10 Å². The molecule has 2 atom stereocenters. The van der Waals surface area contributed by atoms with E-state index in [2.05, 4.69) is 6.26 Å². The van der Waals surface area contributed by atoms with E-state index in [0.717, 1.165) is 6.42 Å². The molecular formula is C10H18O2S. The second-order valence-corrected chi connectivity index (χ2v) is 4.52. The van der Waals surface area contributed by atoms with Gasteiger partial charge in [0, 0.05) is 11.7 Å². The minimum absolute atomic E-state index is 0.0500. The largest absolute Gasteiger partial charge is 0.461 e. The molecule has 0 bridgehead atoms. The van der Waals surface area contributed by atoms with Crippen molar-refractivity contribution in [2.24, 2.45) is 0 Å². The van der Waals surface area contributed by atoms with E-state index in [1.807, 2.05) is 18.7 Å². The molecular weight excluding hydrogens is 184 g/mol. The molecule has 0 aliphatic heterocycles. The SMILES string of the molecule is CCC(=O)O[C@H]1CCCC[C@@H]1SC. The molecule has 0 amide bonds. The van der Waals surface area contributed by atoms with Crippen LogP contribution in [0.1, 0.15) is 39.0 Å². The predicted molar refractivity (Wildman–Crippen MR) is 55.9 cm³/mol. The minimum atomic E-state index is -0.0500. The summed E-state index contributed by atoms with van der Waals surface area (Å²) in [5.74, 6) is -0.0500. The topological polar surface area (TPSA) is 26.3 Å². The standard InChI is InChI=1S/C10H18O2S/c1-3-10(11)12-8-6-4-5-7-9(8)13-2/h8-9H,3-7H2,1-2H3/t8-,9-/m0/s1. The first-order valence-corrected chi connectivity index (χ1v) is 6.29. The van der Waals surface area contributed by atoms with Gasteiger partial charge in [-0.1, -0.05) is 13.3 Å². The van der Waals surface area contributed by atoms with Crippen LogP contribution >= 0.6 is 11.8 Å². The Morgan fingerprint density at radius 2 is 2.15 bits per heavy atom. The van der Waals surface area contributed by atoms with Crippen LogP contribution in [0.3, 0.4) is 0 Å².